The van der Waals surface area contributed by atoms with E-state index in [0.29, 0.717) is 31.0 Å². The topological polar surface area (TPSA) is 52.9 Å². The van der Waals surface area contributed by atoms with Crippen LogP contribution in [0.2, 0.25) is 0 Å². The summed E-state index contributed by atoms with van der Waals surface area (Å²) in [4.78, 5) is 1.81. The van der Waals surface area contributed by atoms with Crippen LogP contribution in [0.4, 0.5) is 10.1 Å². The van der Waals surface area contributed by atoms with Gasteiger partial charge in [0.25, 0.3) is 0 Å². The van der Waals surface area contributed by atoms with E-state index in [4.69, 9.17) is 4.74 Å². The Morgan fingerprint density at radius 1 is 1.56 bits per heavy atom. The summed E-state index contributed by atoms with van der Waals surface area (Å²) in [7, 11) is 0. The summed E-state index contributed by atoms with van der Waals surface area (Å²) in [5.41, 5.74) is 0.992. The first-order valence-corrected chi connectivity index (χ1v) is 6.06. The number of rotatable bonds is 3. The van der Waals surface area contributed by atoms with Gasteiger partial charge in [-0.1, -0.05) is 6.07 Å². The zero-order valence-corrected chi connectivity index (χ0v) is 10.3. The fraction of sp³-hybridized carbons (Fsp3) is 0.538. The second kappa shape index (κ2) is 5.65. The lowest BCUT2D eigenvalue weighted by atomic mass is 10.1. The van der Waals surface area contributed by atoms with Gasteiger partial charge in [-0.15, -0.1) is 0 Å². The minimum absolute atomic E-state index is 0.0718. The summed E-state index contributed by atoms with van der Waals surface area (Å²) in [6.45, 7) is 3.00. The van der Waals surface area contributed by atoms with Crippen molar-refractivity contribution < 1.29 is 19.3 Å². The largest absolute Gasteiger partial charge is 0.394 e. The second-order valence-electron chi connectivity index (χ2n) is 4.49. The van der Waals surface area contributed by atoms with E-state index in [1.54, 1.807) is 19.1 Å². The molecule has 0 amide bonds. The standard InChI is InChI=1S/C13H18FNO3/c1-9(17)10-2-3-13(12(14)6-10)15-4-5-18-8-11(15)7-16/h2-3,6,9,11,16-17H,4-5,7-8H2,1H3. The Bertz CT molecular complexity index is 411. The van der Waals surface area contributed by atoms with Crippen LogP contribution in [0.1, 0.15) is 18.6 Å². The first-order valence-electron chi connectivity index (χ1n) is 6.06. The Morgan fingerprint density at radius 3 is 2.94 bits per heavy atom. The highest BCUT2D eigenvalue weighted by atomic mass is 19.1. The Hall–Kier alpha value is -1.17. The van der Waals surface area contributed by atoms with Gasteiger partial charge in [-0.25, -0.2) is 4.39 Å². The number of anilines is 1. The van der Waals surface area contributed by atoms with Crippen LogP contribution in [0.3, 0.4) is 0 Å². The van der Waals surface area contributed by atoms with E-state index in [1.807, 2.05) is 4.90 Å². The van der Waals surface area contributed by atoms with Crippen LogP contribution >= 0.6 is 0 Å². The molecule has 0 bridgehead atoms. The highest BCUT2D eigenvalue weighted by Crippen LogP contribution is 2.26. The average Bonchev–Trinajstić information content (AvgIpc) is 2.38. The molecule has 0 aliphatic carbocycles. The highest BCUT2D eigenvalue weighted by molar-refractivity contribution is 5.50. The number of hydrogen-bond donors (Lipinski definition) is 2. The molecule has 1 aromatic carbocycles. The van der Waals surface area contributed by atoms with Crippen molar-refractivity contribution in [2.45, 2.75) is 19.1 Å². The molecule has 0 aromatic heterocycles. The number of ether oxygens (including phenoxy) is 1. The maximum Gasteiger partial charge on any atom is 0.146 e. The SMILES string of the molecule is CC(O)c1ccc(N2CCOCC2CO)c(F)c1. The molecular weight excluding hydrogens is 237 g/mol. The summed E-state index contributed by atoms with van der Waals surface area (Å²) >= 11 is 0. The summed E-state index contributed by atoms with van der Waals surface area (Å²) in [5.74, 6) is -0.381. The van der Waals surface area contributed by atoms with Crippen molar-refractivity contribution in [3.05, 3.63) is 29.6 Å². The lowest BCUT2D eigenvalue weighted by Gasteiger charge is -2.36. The van der Waals surface area contributed by atoms with E-state index in [1.165, 1.54) is 6.07 Å². The van der Waals surface area contributed by atoms with Crippen LogP contribution in [-0.2, 0) is 4.74 Å². The molecule has 4 nitrogen and oxygen atoms in total. The van der Waals surface area contributed by atoms with Gasteiger partial charge in [-0.05, 0) is 24.6 Å². The first kappa shape index (κ1) is 13.3. The second-order valence-corrected chi connectivity index (χ2v) is 4.49. The van der Waals surface area contributed by atoms with Gasteiger partial charge in [0.15, 0.2) is 0 Å². The normalized spacial score (nSPS) is 22.0. The fourth-order valence-electron chi connectivity index (χ4n) is 2.14. The number of aliphatic hydroxyl groups excluding tert-OH is 2. The molecule has 1 aliphatic heterocycles. The molecule has 18 heavy (non-hydrogen) atoms. The highest BCUT2D eigenvalue weighted by Gasteiger charge is 2.24. The molecule has 2 unspecified atom stereocenters. The molecule has 2 N–H and O–H groups in total. The predicted octanol–water partition coefficient (Wildman–Crippen LogP) is 1.08. The maximum atomic E-state index is 14.0. The van der Waals surface area contributed by atoms with E-state index in [-0.39, 0.29) is 18.5 Å². The Balaban J connectivity index is 2.26. The van der Waals surface area contributed by atoms with Gasteiger partial charge in [0, 0.05) is 6.54 Å². The lowest BCUT2D eigenvalue weighted by molar-refractivity contribution is 0.0723. The fourth-order valence-corrected chi connectivity index (χ4v) is 2.14. The third-order valence-electron chi connectivity index (χ3n) is 3.20. The van der Waals surface area contributed by atoms with Gasteiger partial charge in [0.05, 0.1) is 37.7 Å². The third kappa shape index (κ3) is 2.63. The number of halogens is 1. The van der Waals surface area contributed by atoms with Crippen LogP contribution < -0.4 is 4.90 Å². The maximum absolute atomic E-state index is 14.0. The first-order chi connectivity index (χ1) is 8.63. The van der Waals surface area contributed by atoms with Gasteiger partial charge in [-0.2, -0.15) is 0 Å². The van der Waals surface area contributed by atoms with Crippen LogP contribution in [0.5, 0.6) is 0 Å². The molecule has 100 valence electrons. The molecule has 0 saturated carbocycles. The molecular formula is C13H18FNO3. The van der Waals surface area contributed by atoms with Gasteiger partial charge in [-0.3, -0.25) is 0 Å². The Kier molecular flexibility index (Phi) is 4.16. The zero-order valence-electron chi connectivity index (χ0n) is 10.3. The van der Waals surface area contributed by atoms with Crippen molar-refractivity contribution >= 4 is 5.69 Å². The van der Waals surface area contributed by atoms with E-state index < -0.39 is 6.10 Å². The van der Waals surface area contributed by atoms with E-state index >= 15 is 0 Å². The molecule has 2 rings (SSSR count). The zero-order chi connectivity index (χ0) is 13.1. The summed E-state index contributed by atoms with van der Waals surface area (Å²) in [5, 5.41) is 18.7. The third-order valence-corrected chi connectivity index (χ3v) is 3.20. The van der Waals surface area contributed by atoms with Gasteiger partial charge >= 0.3 is 0 Å². The predicted molar refractivity (Wildman–Crippen MR) is 66.1 cm³/mol. The van der Waals surface area contributed by atoms with Crippen molar-refractivity contribution in [2.24, 2.45) is 0 Å². The number of hydrogen-bond acceptors (Lipinski definition) is 4. The monoisotopic (exact) mass is 255 g/mol. The Morgan fingerprint density at radius 2 is 2.33 bits per heavy atom. The molecule has 2 atom stereocenters. The van der Waals surface area contributed by atoms with E-state index in [2.05, 4.69) is 0 Å². The van der Waals surface area contributed by atoms with Gasteiger partial charge in [0.1, 0.15) is 5.82 Å². The minimum Gasteiger partial charge on any atom is -0.394 e. The van der Waals surface area contributed by atoms with Crippen molar-refractivity contribution in [2.75, 3.05) is 31.3 Å². The van der Waals surface area contributed by atoms with Crippen LogP contribution in [0, 0.1) is 5.82 Å². The molecule has 1 aromatic rings. The molecule has 1 heterocycles. The summed E-state index contributed by atoms with van der Waals surface area (Å²) in [6.07, 6.45) is -0.688. The minimum atomic E-state index is -0.688. The van der Waals surface area contributed by atoms with Crippen molar-refractivity contribution in [3.63, 3.8) is 0 Å². The van der Waals surface area contributed by atoms with Crippen molar-refractivity contribution in [1.82, 2.24) is 0 Å². The average molecular weight is 255 g/mol. The number of nitrogens with zero attached hydrogens (tertiary/aromatic N) is 1. The van der Waals surface area contributed by atoms with Crippen molar-refractivity contribution in [1.29, 1.82) is 0 Å². The smallest absolute Gasteiger partial charge is 0.146 e. The van der Waals surface area contributed by atoms with Crippen LogP contribution in [0.15, 0.2) is 18.2 Å². The summed E-state index contributed by atoms with van der Waals surface area (Å²) in [6, 6.07) is 4.47. The van der Waals surface area contributed by atoms with Crippen LogP contribution in [-0.4, -0.2) is 42.6 Å². The van der Waals surface area contributed by atoms with Gasteiger partial charge in [0.2, 0.25) is 0 Å². The summed E-state index contributed by atoms with van der Waals surface area (Å²) < 4.78 is 19.3. The molecule has 1 saturated heterocycles. The number of morpholine rings is 1. The lowest BCUT2D eigenvalue weighted by Crippen LogP contribution is -2.48. The van der Waals surface area contributed by atoms with Crippen molar-refractivity contribution in [3.8, 4) is 0 Å². The van der Waals surface area contributed by atoms with Crippen LogP contribution in [0.25, 0.3) is 0 Å². The van der Waals surface area contributed by atoms with Gasteiger partial charge < -0.3 is 19.8 Å². The molecule has 1 aliphatic rings. The van der Waals surface area contributed by atoms with E-state index in [0.717, 1.165) is 0 Å². The molecule has 0 radical (unpaired) electrons. The van der Waals surface area contributed by atoms with E-state index in [9.17, 15) is 14.6 Å². The number of aliphatic hydroxyl groups is 2. The molecule has 0 spiro atoms. The number of benzene rings is 1. The molecule has 1 fully saturated rings. The quantitative estimate of drug-likeness (QED) is 0.848. The Labute approximate surface area is 106 Å². The molecule has 5 heteroatoms.